The van der Waals surface area contributed by atoms with Gasteiger partial charge >= 0.3 is 27.6 Å². The lowest BCUT2D eigenvalue weighted by Gasteiger charge is -2.23. The molecular weight excluding hydrogens is 1440 g/mol. The Bertz CT molecular complexity index is 2490. The fourth-order valence-corrected chi connectivity index (χ4v) is 13.5. The van der Waals surface area contributed by atoms with Crippen LogP contribution in [0.2, 0.25) is 0 Å². The molecule has 0 saturated heterocycles. The summed E-state index contributed by atoms with van der Waals surface area (Å²) < 4.78 is 71.0. The van der Waals surface area contributed by atoms with Crippen LogP contribution in [0.3, 0.4) is 0 Å². The molecule has 0 aliphatic rings. The largest absolute Gasteiger partial charge is 0.508 e. The molecule has 27 heteroatoms. The van der Waals surface area contributed by atoms with Crippen molar-refractivity contribution < 1.29 is 100 Å². The van der Waals surface area contributed by atoms with Crippen molar-refractivity contribution in [2.24, 2.45) is 0 Å². The van der Waals surface area contributed by atoms with Crippen molar-refractivity contribution in [2.75, 3.05) is 65.9 Å². The molecule has 1 aromatic carbocycles. The summed E-state index contributed by atoms with van der Waals surface area (Å²) in [7, 11) is -9.70. The second-order valence-corrected chi connectivity index (χ2v) is 31.8. The number of aliphatic hydroxyl groups excluding tert-OH is 2. The standard InChI is InChI=1S/C82H148N4O21P2/c1-7-13-19-25-27-29-31-37-43-49-79(92)106-75(47-41-35-23-17-11-5)62-77(90)85-70(64-100-55-51-72(87)45-39-33-21-15-9-3)66-104-108(96,97)102-57-53-83-81(94)68-59-69(61-74(89)60-68)82(95)84-54-58-103-109(98,99)105-67-71(65-101-56-52-73(88)46-40-34-22-16-10-4)86-78(91)63-76(48-42-36-24-18-12-6)107-80(93)50-44-38-32-30-28-26-20-14-8-2/h29-32,59-61,70-73,75-76,87-89H,7-28,33-58,62-67H2,1-6H3,(H,83,94)(H,84,95)(H,85,90)(H,86,91)(H,96,97)(H,98,99)/b31-29+,32-30+/t70?,71?,72-,73-,75-,76-/m1/s1. The maximum absolute atomic E-state index is 13.7. The van der Waals surface area contributed by atoms with E-state index in [-0.39, 0.29) is 76.3 Å². The van der Waals surface area contributed by atoms with Gasteiger partial charge < -0.3 is 65.3 Å². The zero-order chi connectivity index (χ0) is 80.3. The zero-order valence-electron chi connectivity index (χ0n) is 67.9. The highest BCUT2D eigenvalue weighted by Gasteiger charge is 2.29. The molecule has 4 amide bonds. The Balaban J connectivity index is 3.03. The number of hydrogen-bond acceptors (Lipinski definition) is 19. The molecule has 632 valence electrons. The average Bonchev–Trinajstić information content (AvgIpc) is 0.848. The molecule has 0 aliphatic carbocycles. The van der Waals surface area contributed by atoms with Crippen LogP contribution in [0, 0.1) is 0 Å². The van der Waals surface area contributed by atoms with E-state index >= 15 is 0 Å². The first kappa shape index (κ1) is 102. The third-order valence-corrected chi connectivity index (χ3v) is 20.4. The number of phosphoric acid groups is 2. The van der Waals surface area contributed by atoms with Crippen molar-refractivity contribution in [1.82, 2.24) is 21.3 Å². The number of unbranched alkanes of at least 4 members (excludes halogenated alkanes) is 26. The molecule has 0 radical (unpaired) electrons. The van der Waals surface area contributed by atoms with Gasteiger partial charge in [0.2, 0.25) is 11.8 Å². The first-order chi connectivity index (χ1) is 52.6. The van der Waals surface area contributed by atoms with Crippen molar-refractivity contribution in [3.05, 3.63) is 53.6 Å². The molecule has 25 nitrogen and oxygen atoms in total. The molecule has 0 saturated carbocycles. The van der Waals surface area contributed by atoms with Gasteiger partial charge in [0.05, 0.1) is 76.8 Å². The summed E-state index contributed by atoms with van der Waals surface area (Å²) in [6.45, 7) is 9.95. The zero-order valence-corrected chi connectivity index (χ0v) is 69.6. The lowest BCUT2D eigenvalue weighted by atomic mass is 10.1. The predicted octanol–water partition coefficient (Wildman–Crippen LogP) is 17.1. The van der Waals surface area contributed by atoms with Gasteiger partial charge in [0.25, 0.3) is 11.8 Å². The second kappa shape index (κ2) is 68.9. The molecule has 1 rings (SSSR count). The molecular formula is C82H148N4O21P2. The number of hydrogen-bond donors (Lipinski definition) is 9. The van der Waals surface area contributed by atoms with Crippen LogP contribution in [0.25, 0.3) is 0 Å². The van der Waals surface area contributed by atoms with Crippen molar-refractivity contribution in [1.29, 1.82) is 0 Å². The Hall–Kier alpha value is -4.62. The number of phenols is 1. The number of allylic oxidation sites excluding steroid dienone is 4. The molecule has 109 heavy (non-hydrogen) atoms. The van der Waals surface area contributed by atoms with E-state index in [1.807, 2.05) is 0 Å². The van der Waals surface area contributed by atoms with Gasteiger partial charge in [0, 0.05) is 50.3 Å². The second-order valence-electron chi connectivity index (χ2n) is 28.9. The lowest BCUT2D eigenvalue weighted by molar-refractivity contribution is -0.152. The number of aliphatic hydroxyl groups is 2. The molecule has 0 heterocycles. The van der Waals surface area contributed by atoms with Crippen LogP contribution in [0.1, 0.15) is 345 Å². The monoisotopic (exact) mass is 1590 g/mol. The summed E-state index contributed by atoms with van der Waals surface area (Å²) in [4.78, 5) is 102. The maximum atomic E-state index is 13.7. The summed E-state index contributed by atoms with van der Waals surface area (Å²) in [6.07, 6.45) is 43.0. The quantitative estimate of drug-likeness (QED) is 0.0127. The van der Waals surface area contributed by atoms with Crippen molar-refractivity contribution in [2.45, 2.75) is 361 Å². The summed E-state index contributed by atoms with van der Waals surface area (Å²) in [5.74, 6) is -3.85. The van der Waals surface area contributed by atoms with Crippen LogP contribution in [0.15, 0.2) is 42.5 Å². The van der Waals surface area contributed by atoms with Crippen LogP contribution in [0.5, 0.6) is 5.75 Å². The van der Waals surface area contributed by atoms with Gasteiger partial charge in [0.1, 0.15) is 18.0 Å². The van der Waals surface area contributed by atoms with Crippen LogP contribution in [0.4, 0.5) is 0 Å². The number of nitrogens with one attached hydrogen (secondary N) is 4. The summed E-state index contributed by atoms with van der Waals surface area (Å²) >= 11 is 0. The Morgan fingerprint density at radius 2 is 0.716 bits per heavy atom. The molecule has 0 aliphatic heterocycles. The minimum atomic E-state index is -4.85. The highest BCUT2D eigenvalue weighted by molar-refractivity contribution is 7.47. The van der Waals surface area contributed by atoms with E-state index < -0.39 is 120 Å². The van der Waals surface area contributed by atoms with Crippen molar-refractivity contribution in [3.63, 3.8) is 0 Å². The molecule has 4 unspecified atom stereocenters. The Morgan fingerprint density at radius 1 is 0.394 bits per heavy atom. The summed E-state index contributed by atoms with van der Waals surface area (Å²) in [5.41, 5.74) is -0.358. The fraction of sp³-hybridized carbons (Fsp3) is 0.805. The number of esters is 2. The number of phenolic OH excluding ortho intramolecular Hbond substituents is 1. The third kappa shape index (κ3) is 61.6. The van der Waals surface area contributed by atoms with Crippen LogP contribution in [-0.2, 0) is 65.4 Å². The van der Waals surface area contributed by atoms with E-state index in [9.17, 15) is 63.0 Å². The lowest BCUT2D eigenvalue weighted by Crippen LogP contribution is -2.43. The van der Waals surface area contributed by atoms with E-state index in [1.165, 1.54) is 38.5 Å². The Kier molecular flexibility index (Phi) is 64.7. The van der Waals surface area contributed by atoms with E-state index in [0.717, 1.165) is 185 Å². The molecule has 0 fully saturated rings. The topological polar surface area (TPSA) is 360 Å². The predicted molar refractivity (Wildman–Crippen MR) is 429 cm³/mol. The van der Waals surface area contributed by atoms with E-state index in [4.69, 9.17) is 37.0 Å². The highest BCUT2D eigenvalue weighted by Crippen LogP contribution is 2.44. The fourth-order valence-electron chi connectivity index (χ4n) is 12.0. The molecule has 0 spiro atoms. The van der Waals surface area contributed by atoms with Crippen LogP contribution in [-0.4, -0.2) is 163 Å². The number of carbonyl (C=O) groups excluding carboxylic acids is 6. The number of amides is 4. The van der Waals surface area contributed by atoms with Gasteiger partial charge in [-0.3, -0.25) is 46.9 Å². The SMILES string of the molecule is CCCCCC/C=C/CCCC(=O)O[C@H](CCCCCCC)CC(=O)NC(COCC[C@H](O)CCCCCCC)COP(=O)(O)OCCNC(=O)c1cc(O)cc(C(=O)NCCOP(=O)(O)OCC(COCC[C@H](O)CCCCCCC)NC(=O)C[C@@H](CCCCCCC)OC(=O)CCC/C=C/CCCCCC)c1. The smallest absolute Gasteiger partial charge is 0.472 e. The number of carbonyl (C=O) groups is 6. The number of phosphoric ester groups is 2. The summed E-state index contributed by atoms with van der Waals surface area (Å²) in [5, 5.41) is 42.4. The average molecular weight is 1590 g/mol. The number of ether oxygens (including phenoxy) is 4. The Morgan fingerprint density at radius 3 is 1.06 bits per heavy atom. The highest BCUT2D eigenvalue weighted by atomic mass is 31.2. The van der Waals surface area contributed by atoms with Gasteiger partial charge in [-0.2, -0.15) is 0 Å². The normalized spacial score (nSPS) is 14.5. The number of aromatic hydroxyl groups is 1. The first-order valence-corrected chi connectivity index (χ1v) is 45.0. The molecule has 0 aromatic heterocycles. The van der Waals surface area contributed by atoms with Crippen molar-refractivity contribution >= 4 is 51.2 Å². The van der Waals surface area contributed by atoms with Crippen LogP contribution < -0.4 is 21.3 Å². The molecule has 1 aromatic rings. The van der Waals surface area contributed by atoms with E-state index in [2.05, 4.69) is 87.1 Å². The van der Waals surface area contributed by atoms with Crippen LogP contribution >= 0.6 is 15.6 Å². The Labute approximate surface area is 655 Å². The molecule has 0 bridgehead atoms. The number of benzene rings is 1. The van der Waals surface area contributed by atoms with Gasteiger partial charge in [-0.15, -0.1) is 0 Å². The van der Waals surface area contributed by atoms with Gasteiger partial charge in [0.15, 0.2) is 0 Å². The molecule has 9 N–H and O–H groups in total. The van der Waals surface area contributed by atoms with Gasteiger partial charge in [-0.25, -0.2) is 9.13 Å². The first-order valence-electron chi connectivity index (χ1n) is 42.0. The maximum Gasteiger partial charge on any atom is 0.472 e. The van der Waals surface area contributed by atoms with Gasteiger partial charge in [-0.1, -0.05) is 220 Å². The van der Waals surface area contributed by atoms with E-state index in [1.54, 1.807) is 0 Å². The minimum absolute atomic E-state index is 0.132. The van der Waals surface area contributed by atoms with Crippen molar-refractivity contribution in [3.8, 4) is 5.75 Å². The summed E-state index contributed by atoms with van der Waals surface area (Å²) in [6, 6.07) is 1.37. The third-order valence-electron chi connectivity index (χ3n) is 18.4. The minimum Gasteiger partial charge on any atom is -0.508 e. The molecule has 8 atom stereocenters. The number of rotatable bonds is 76. The van der Waals surface area contributed by atoms with E-state index in [0.29, 0.717) is 51.4 Å². The van der Waals surface area contributed by atoms with Gasteiger partial charge in [-0.05, 0) is 121 Å².